The van der Waals surface area contributed by atoms with Gasteiger partial charge in [-0.2, -0.15) is 0 Å². The maximum Gasteiger partial charge on any atom is 0.160 e. The molecule has 10 aromatic rings. The van der Waals surface area contributed by atoms with Gasteiger partial charge in [-0.15, -0.1) is 0 Å². The summed E-state index contributed by atoms with van der Waals surface area (Å²) in [5.74, 6) is 0.685. The van der Waals surface area contributed by atoms with Crippen LogP contribution in [-0.2, 0) is 5.41 Å². The van der Waals surface area contributed by atoms with E-state index in [1.807, 2.05) is 36.0 Å². The maximum atomic E-state index is 6.88. The maximum absolute atomic E-state index is 6.88. The Balaban J connectivity index is 1.08. The van der Waals surface area contributed by atoms with Gasteiger partial charge in [0, 0.05) is 37.3 Å². The minimum Gasteiger partial charge on any atom is -0.456 e. The number of fused-ring (bicyclic) bond motifs is 12. The van der Waals surface area contributed by atoms with Gasteiger partial charge in [0.15, 0.2) is 5.82 Å². The molecule has 57 heavy (non-hydrogen) atoms. The van der Waals surface area contributed by atoms with E-state index < -0.39 is 5.41 Å². The van der Waals surface area contributed by atoms with Crippen molar-refractivity contribution >= 4 is 33.7 Å². The van der Waals surface area contributed by atoms with Crippen molar-refractivity contribution in [2.45, 2.75) is 15.2 Å². The molecule has 0 saturated carbocycles. The number of aromatic nitrogens is 2. The Morgan fingerprint density at radius 2 is 0.965 bits per heavy atom. The average molecular weight is 745 g/mol. The van der Waals surface area contributed by atoms with Crippen molar-refractivity contribution in [2.24, 2.45) is 0 Å². The molecule has 1 aliphatic carbocycles. The summed E-state index contributed by atoms with van der Waals surface area (Å²) >= 11 is 1.85. The van der Waals surface area contributed by atoms with Crippen LogP contribution >= 0.6 is 11.8 Å². The predicted octanol–water partition coefficient (Wildman–Crippen LogP) is 13.9. The molecule has 3 nitrogen and oxygen atoms in total. The molecule has 266 valence electrons. The van der Waals surface area contributed by atoms with Crippen LogP contribution in [-0.4, -0.2) is 9.97 Å². The number of benzene rings is 8. The zero-order valence-electron chi connectivity index (χ0n) is 30.7. The molecule has 1 spiro atoms. The molecule has 12 rings (SSSR count). The van der Waals surface area contributed by atoms with Crippen LogP contribution in [0.15, 0.2) is 208 Å². The molecular formula is C53H32N2OS. The standard InChI is InChI=1S/C53H32N2OS/c1-3-14-33(15-4-1)34-26-28-35(29-27-34)45-32-46(55-52(54-45)36-16-5-2-6-17-36)39-20-13-24-47-51(39)40-30-50-44(31-48(40)56-47)53(43-23-11-12-25-49(43)57-50)41-21-9-7-18-37(41)38-19-8-10-22-42(38)53/h1-32H. The third-order valence-corrected chi connectivity index (χ3v) is 12.9. The van der Waals surface area contributed by atoms with Crippen LogP contribution in [0.2, 0.25) is 0 Å². The van der Waals surface area contributed by atoms with Crippen molar-refractivity contribution in [1.82, 2.24) is 9.97 Å². The zero-order chi connectivity index (χ0) is 37.5. The van der Waals surface area contributed by atoms with Crippen LogP contribution in [0.4, 0.5) is 0 Å². The highest BCUT2D eigenvalue weighted by Crippen LogP contribution is 2.62. The van der Waals surface area contributed by atoms with E-state index >= 15 is 0 Å². The van der Waals surface area contributed by atoms with Gasteiger partial charge >= 0.3 is 0 Å². The first-order valence-corrected chi connectivity index (χ1v) is 20.1. The smallest absolute Gasteiger partial charge is 0.160 e. The summed E-state index contributed by atoms with van der Waals surface area (Å²) in [4.78, 5) is 12.9. The van der Waals surface area contributed by atoms with Gasteiger partial charge in [-0.25, -0.2) is 9.97 Å². The summed E-state index contributed by atoms with van der Waals surface area (Å²) < 4.78 is 6.88. The van der Waals surface area contributed by atoms with E-state index in [-0.39, 0.29) is 0 Å². The monoisotopic (exact) mass is 744 g/mol. The van der Waals surface area contributed by atoms with E-state index in [1.165, 1.54) is 54.3 Å². The van der Waals surface area contributed by atoms with Crippen molar-refractivity contribution in [2.75, 3.05) is 0 Å². The molecule has 0 amide bonds. The van der Waals surface area contributed by atoms with Crippen molar-refractivity contribution in [3.63, 3.8) is 0 Å². The van der Waals surface area contributed by atoms with E-state index in [0.717, 1.165) is 50.0 Å². The fraction of sp³-hybridized carbons (Fsp3) is 0.0189. The molecule has 0 fully saturated rings. The Morgan fingerprint density at radius 1 is 0.386 bits per heavy atom. The molecule has 4 heteroatoms. The fourth-order valence-electron chi connectivity index (χ4n) is 9.30. The number of furan rings is 1. The van der Waals surface area contributed by atoms with Gasteiger partial charge < -0.3 is 4.42 Å². The molecule has 0 radical (unpaired) electrons. The van der Waals surface area contributed by atoms with Gasteiger partial charge in [0.1, 0.15) is 11.2 Å². The first-order chi connectivity index (χ1) is 28.2. The highest BCUT2D eigenvalue weighted by atomic mass is 32.2. The lowest BCUT2D eigenvalue weighted by Gasteiger charge is -2.39. The molecule has 3 heterocycles. The lowest BCUT2D eigenvalue weighted by atomic mass is 9.67. The van der Waals surface area contributed by atoms with E-state index in [1.54, 1.807) is 0 Å². The largest absolute Gasteiger partial charge is 0.456 e. The fourth-order valence-corrected chi connectivity index (χ4v) is 10.5. The predicted molar refractivity (Wildman–Crippen MR) is 232 cm³/mol. The van der Waals surface area contributed by atoms with E-state index in [9.17, 15) is 0 Å². The average Bonchev–Trinajstić information content (AvgIpc) is 3.80. The Bertz CT molecular complexity index is 3160. The Labute approximate surface area is 334 Å². The van der Waals surface area contributed by atoms with Crippen molar-refractivity contribution in [1.29, 1.82) is 0 Å². The van der Waals surface area contributed by atoms with Gasteiger partial charge in [0.2, 0.25) is 0 Å². The first-order valence-electron chi connectivity index (χ1n) is 19.3. The van der Waals surface area contributed by atoms with Crippen molar-refractivity contribution in [3.05, 3.63) is 216 Å². The lowest BCUT2D eigenvalue weighted by molar-refractivity contribution is 0.662. The molecular weight excluding hydrogens is 713 g/mol. The summed E-state index contributed by atoms with van der Waals surface area (Å²) in [5, 5.41) is 2.13. The minimum atomic E-state index is -0.470. The van der Waals surface area contributed by atoms with Crippen LogP contribution in [0, 0.1) is 0 Å². The van der Waals surface area contributed by atoms with Crippen molar-refractivity contribution < 1.29 is 4.42 Å². The zero-order valence-corrected chi connectivity index (χ0v) is 31.5. The number of hydrogen-bond donors (Lipinski definition) is 0. The highest BCUT2D eigenvalue weighted by Gasteiger charge is 2.50. The molecule has 0 unspecified atom stereocenters. The van der Waals surface area contributed by atoms with Crippen LogP contribution in [0.5, 0.6) is 0 Å². The quantitative estimate of drug-likeness (QED) is 0.180. The Hall–Kier alpha value is -7.01. The van der Waals surface area contributed by atoms with E-state index in [4.69, 9.17) is 14.4 Å². The molecule has 0 saturated heterocycles. The summed E-state index contributed by atoms with van der Waals surface area (Å²) in [6.45, 7) is 0. The molecule has 8 aromatic carbocycles. The van der Waals surface area contributed by atoms with E-state index in [2.05, 4.69) is 170 Å². The minimum absolute atomic E-state index is 0.470. The van der Waals surface area contributed by atoms with Crippen LogP contribution in [0.1, 0.15) is 22.3 Å². The second-order valence-electron chi connectivity index (χ2n) is 14.8. The molecule has 1 aliphatic heterocycles. The summed E-state index contributed by atoms with van der Waals surface area (Å²) in [7, 11) is 0. The summed E-state index contributed by atoms with van der Waals surface area (Å²) in [6, 6.07) is 69.3. The second kappa shape index (κ2) is 12.5. The summed E-state index contributed by atoms with van der Waals surface area (Å²) in [6.07, 6.45) is 0. The van der Waals surface area contributed by atoms with Gasteiger partial charge in [-0.3, -0.25) is 0 Å². The van der Waals surface area contributed by atoms with Gasteiger partial charge in [0.25, 0.3) is 0 Å². The normalized spacial score (nSPS) is 13.3. The molecule has 0 N–H and O–H groups in total. The second-order valence-corrected chi connectivity index (χ2v) is 15.9. The SMILES string of the molecule is c1ccc(-c2ccc(-c3cc(-c4cccc5oc6cc7c(cc6c45)Sc4ccccc4C74c5ccccc5-c5ccccc54)nc(-c4ccccc4)n3)cc2)cc1. The van der Waals surface area contributed by atoms with Gasteiger partial charge in [-0.05, 0) is 74.8 Å². The Kier molecular flexibility index (Phi) is 7.08. The Morgan fingerprint density at radius 3 is 1.70 bits per heavy atom. The number of rotatable bonds is 4. The lowest BCUT2D eigenvalue weighted by Crippen LogP contribution is -2.31. The van der Waals surface area contributed by atoms with Crippen LogP contribution in [0.3, 0.4) is 0 Å². The molecule has 2 aliphatic rings. The summed E-state index contributed by atoms with van der Waals surface area (Å²) in [5.41, 5.74) is 16.1. The van der Waals surface area contributed by atoms with Crippen LogP contribution < -0.4 is 0 Å². The third kappa shape index (κ3) is 4.81. The first kappa shape index (κ1) is 32.3. The van der Waals surface area contributed by atoms with Gasteiger partial charge in [0.05, 0.1) is 16.8 Å². The molecule has 0 bridgehead atoms. The van der Waals surface area contributed by atoms with Gasteiger partial charge in [-0.1, -0.05) is 176 Å². The van der Waals surface area contributed by atoms with E-state index in [0.29, 0.717) is 5.82 Å². The van der Waals surface area contributed by atoms with Crippen LogP contribution in [0.25, 0.3) is 78.1 Å². The number of hydrogen-bond acceptors (Lipinski definition) is 4. The van der Waals surface area contributed by atoms with Crippen molar-refractivity contribution in [3.8, 4) is 56.2 Å². The topological polar surface area (TPSA) is 38.9 Å². The molecule has 2 aromatic heterocycles. The third-order valence-electron chi connectivity index (χ3n) is 11.8. The number of nitrogens with zero attached hydrogens (tertiary/aromatic N) is 2. The molecule has 0 atom stereocenters. The highest BCUT2D eigenvalue weighted by molar-refractivity contribution is 7.99.